The van der Waals surface area contributed by atoms with E-state index in [1.165, 1.54) is 12.1 Å². The number of halogens is 1. The summed E-state index contributed by atoms with van der Waals surface area (Å²) in [6.45, 7) is 0.327. The van der Waals surface area contributed by atoms with Gasteiger partial charge in [-0.1, -0.05) is 35.9 Å². The van der Waals surface area contributed by atoms with Crippen molar-refractivity contribution in [1.29, 1.82) is 0 Å². The van der Waals surface area contributed by atoms with Crippen LogP contribution < -0.4 is 5.32 Å². The summed E-state index contributed by atoms with van der Waals surface area (Å²) >= 11 is 6.04. The van der Waals surface area contributed by atoms with Gasteiger partial charge in [-0.15, -0.1) is 0 Å². The van der Waals surface area contributed by atoms with Gasteiger partial charge in [0.25, 0.3) is 5.69 Å². The van der Waals surface area contributed by atoms with E-state index in [1.54, 1.807) is 12.1 Å². The molecule has 1 atom stereocenters. The summed E-state index contributed by atoms with van der Waals surface area (Å²) in [4.78, 5) is 10.4. The van der Waals surface area contributed by atoms with E-state index >= 15 is 0 Å². The van der Waals surface area contributed by atoms with Crippen LogP contribution in [0.3, 0.4) is 0 Å². The lowest BCUT2D eigenvalue weighted by Gasteiger charge is -2.21. The molecule has 0 aliphatic heterocycles. The normalized spacial score (nSPS) is 16.8. The van der Waals surface area contributed by atoms with Crippen molar-refractivity contribution in [1.82, 2.24) is 5.32 Å². The van der Waals surface area contributed by atoms with Gasteiger partial charge in [0, 0.05) is 29.2 Å². The molecule has 120 valence electrons. The van der Waals surface area contributed by atoms with Crippen molar-refractivity contribution >= 4 is 17.3 Å². The van der Waals surface area contributed by atoms with E-state index < -0.39 is 11.0 Å². The highest BCUT2D eigenvalue weighted by atomic mass is 35.5. The monoisotopic (exact) mass is 332 g/mol. The second-order valence-corrected chi connectivity index (χ2v) is 6.28. The number of hydrogen-bond donors (Lipinski definition) is 2. The minimum absolute atomic E-state index is 0.0162. The number of hydrogen-bond acceptors (Lipinski definition) is 4. The number of nitro benzene ring substituents is 1. The van der Waals surface area contributed by atoms with Gasteiger partial charge in [-0.3, -0.25) is 10.1 Å². The Balaban J connectivity index is 1.68. The maximum absolute atomic E-state index is 10.8. The zero-order valence-electron chi connectivity index (χ0n) is 12.4. The highest BCUT2D eigenvalue weighted by Gasteiger charge is 2.44. The first kappa shape index (κ1) is 15.9. The standard InChI is InChI=1S/C17H17ClN2O3/c18-14-5-2-4-13(10-14)17(7-8-17)19-11-16(21)12-3-1-6-15(9-12)20(22)23/h1-6,9-10,16,19,21H,7-8,11H2. The lowest BCUT2D eigenvalue weighted by molar-refractivity contribution is -0.385. The fraction of sp³-hybridized carbons (Fsp3) is 0.294. The average molecular weight is 333 g/mol. The third kappa shape index (κ3) is 3.52. The van der Waals surface area contributed by atoms with Crippen LogP contribution in [0, 0.1) is 10.1 Å². The molecule has 6 heteroatoms. The van der Waals surface area contributed by atoms with Crippen molar-refractivity contribution in [2.45, 2.75) is 24.5 Å². The fourth-order valence-corrected chi connectivity index (χ4v) is 2.92. The van der Waals surface area contributed by atoms with Crippen molar-refractivity contribution in [3.8, 4) is 0 Å². The van der Waals surface area contributed by atoms with E-state index in [-0.39, 0.29) is 11.2 Å². The van der Waals surface area contributed by atoms with Gasteiger partial charge in [-0.25, -0.2) is 0 Å². The summed E-state index contributed by atoms with van der Waals surface area (Å²) in [7, 11) is 0. The van der Waals surface area contributed by atoms with Crippen molar-refractivity contribution in [2.24, 2.45) is 0 Å². The Morgan fingerprint density at radius 3 is 2.65 bits per heavy atom. The Hall–Kier alpha value is -1.95. The molecule has 0 spiro atoms. The van der Waals surface area contributed by atoms with Crippen LogP contribution in [0.2, 0.25) is 5.02 Å². The van der Waals surface area contributed by atoms with Gasteiger partial charge < -0.3 is 10.4 Å². The number of aliphatic hydroxyl groups is 1. The fourth-order valence-electron chi connectivity index (χ4n) is 2.73. The number of non-ortho nitro benzene ring substituents is 1. The zero-order valence-corrected chi connectivity index (χ0v) is 13.2. The first-order valence-electron chi connectivity index (χ1n) is 7.44. The molecule has 1 unspecified atom stereocenters. The SMILES string of the molecule is O=[N+]([O-])c1cccc(C(O)CNC2(c3cccc(Cl)c3)CC2)c1. The van der Waals surface area contributed by atoms with E-state index in [0.717, 1.165) is 18.4 Å². The summed E-state index contributed by atoms with van der Waals surface area (Å²) in [6.07, 6.45) is 1.16. The Labute approximate surface area is 139 Å². The number of rotatable bonds is 6. The molecule has 1 fully saturated rings. The van der Waals surface area contributed by atoms with E-state index in [4.69, 9.17) is 11.6 Å². The van der Waals surface area contributed by atoms with Crippen LogP contribution in [-0.4, -0.2) is 16.6 Å². The predicted molar refractivity (Wildman–Crippen MR) is 88.4 cm³/mol. The van der Waals surface area contributed by atoms with Gasteiger partial charge in [0.05, 0.1) is 11.0 Å². The molecule has 5 nitrogen and oxygen atoms in total. The van der Waals surface area contributed by atoms with Gasteiger partial charge >= 0.3 is 0 Å². The Morgan fingerprint density at radius 1 is 1.26 bits per heavy atom. The average Bonchev–Trinajstić information content (AvgIpc) is 3.34. The summed E-state index contributed by atoms with van der Waals surface area (Å²) in [5.41, 5.74) is 1.48. The molecule has 2 aromatic carbocycles. The Morgan fingerprint density at radius 2 is 2.00 bits per heavy atom. The van der Waals surface area contributed by atoms with E-state index in [9.17, 15) is 15.2 Å². The van der Waals surface area contributed by atoms with Crippen molar-refractivity contribution < 1.29 is 10.0 Å². The molecular weight excluding hydrogens is 316 g/mol. The third-order valence-electron chi connectivity index (χ3n) is 4.23. The third-order valence-corrected chi connectivity index (χ3v) is 4.46. The molecular formula is C17H17ClN2O3. The minimum atomic E-state index is -0.799. The molecule has 1 aliphatic rings. The molecule has 0 radical (unpaired) electrons. The van der Waals surface area contributed by atoms with Gasteiger partial charge in [-0.05, 0) is 36.1 Å². The predicted octanol–water partition coefficient (Wildman–Crippen LogP) is 3.56. The van der Waals surface area contributed by atoms with Gasteiger partial charge in [0.2, 0.25) is 0 Å². The minimum Gasteiger partial charge on any atom is -0.387 e. The Kier molecular flexibility index (Phi) is 4.35. The molecule has 23 heavy (non-hydrogen) atoms. The molecule has 2 aromatic rings. The highest BCUT2D eigenvalue weighted by Crippen LogP contribution is 2.46. The van der Waals surface area contributed by atoms with Gasteiger partial charge in [0.15, 0.2) is 0 Å². The lowest BCUT2D eigenvalue weighted by Crippen LogP contribution is -2.32. The molecule has 0 heterocycles. The second-order valence-electron chi connectivity index (χ2n) is 5.84. The molecule has 0 bridgehead atoms. The Bertz CT molecular complexity index is 731. The van der Waals surface area contributed by atoms with Crippen LogP contribution in [0.5, 0.6) is 0 Å². The largest absolute Gasteiger partial charge is 0.387 e. The van der Waals surface area contributed by atoms with Crippen LogP contribution in [0.4, 0.5) is 5.69 Å². The molecule has 1 aliphatic carbocycles. The summed E-state index contributed by atoms with van der Waals surface area (Å²) in [6, 6.07) is 13.8. The van der Waals surface area contributed by atoms with E-state index in [1.807, 2.05) is 24.3 Å². The lowest BCUT2D eigenvalue weighted by atomic mass is 10.0. The van der Waals surface area contributed by atoms with Crippen LogP contribution in [0.15, 0.2) is 48.5 Å². The summed E-state index contributed by atoms with van der Waals surface area (Å²) < 4.78 is 0. The van der Waals surface area contributed by atoms with Crippen LogP contribution >= 0.6 is 11.6 Å². The van der Waals surface area contributed by atoms with E-state index in [2.05, 4.69) is 5.32 Å². The first-order chi connectivity index (χ1) is 11.0. The molecule has 0 saturated heterocycles. The number of benzene rings is 2. The van der Waals surface area contributed by atoms with Gasteiger partial charge in [0.1, 0.15) is 0 Å². The van der Waals surface area contributed by atoms with Crippen molar-refractivity contribution in [3.63, 3.8) is 0 Å². The number of nitro groups is 1. The zero-order chi connectivity index (χ0) is 16.4. The summed E-state index contributed by atoms with van der Waals surface area (Å²) in [5, 5.41) is 25.2. The van der Waals surface area contributed by atoms with Crippen LogP contribution in [0.1, 0.15) is 30.1 Å². The number of nitrogens with one attached hydrogen (secondary N) is 1. The molecule has 2 N–H and O–H groups in total. The highest BCUT2D eigenvalue weighted by molar-refractivity contribution is 6.30. The maximum atomic E-state index is 10.8. The van der Waals surface area contributed by atoms with E-state index in [0.29, 0.717) is 17.1 Å². The molecule has 0 aromatic heterocycles. The smallest absolute Gasteiger partial charge is 0.269 e. The first-order valence-corrected chi connectivity index (χ1v) is 7.81. The number of nitrogens with zero attached hydrogens (tertiary/aromatic N) is 1. The number of aliphatic hydroxyl groups excluding tert-OH is 1. The molecule has 3 rings (SSSR count). The summed E-state index contributed by atoms with van der Waals surface area (Å²) in [5.74, 6) is 0. The van der Waals surface area contributed by atoms with Crippen LogP contribution in [0.25, 0.3) is 0 Å². The van der Waals surface area contributed by atoms with Crippen LogP contribution in [-0.2, 0) is 5.54 Å². The maximum Gasteiger partial charge on any atom is 0.269 e. The molecule has 1 saturated carbocycles. The molecule has 0 amide bonds. The second kappa shape index (κ2) is 6.28. The van der Waals surface area contributed by atoms with Crippen molar-refractivity contribution in [2.75, 3.05) is 6.54 Å². The quantitative estimate of drug-likeness (QED) is 0.626. The topological polar surface area (TPSA) is 75.4 Å². The van der Waals surface area contributed by atoms with Crippen molar-refractivity contribution in [3.05, 3.63) is 74.8 Å². The van der Waals surface area contributed by atoms with Gasteiger partial charge in [-0.2, -0.15) is 0 Å².